The largest absolute Gasteiger partial charge is 0.332 e. The summed E-state index contributed by atoms with van der Waals surface area (Å²) in [7, 11) is 2.94. The minimum Gasteiger partial charge on any atom is -0.327 e. The zero-order valence-corrected chi connectivity index (χ0v) is 15.9. The molecule has 3 rings (SSSR count). The molecule has 2 N–H and O–H groups in total. The number of nitrogens with one attached hydrogen (secondary N) is 2. The van der Waals surface area contributed by atoms with Crippen LogP contribution in [-0.2, 0) is 18.9 Å². The molecule has 2 heterocycles. The third-order valence-electron chi connectivity index (χ3n) is 3.87. The Labute approximate surface area is 157 Å². The summed E-state index contributed by atoms with van der Waals surface area (Å²) < 4.78 is 2.29. The number of halogens is 1. The van der Waals surface area contributed by atoms with Crippen molar-refractivity contribution in [2.24, 2.45) is 14.1 Å². The van der Waals surface area contributed by atoms with Gasteiger partial charge in [-0.2, -0.15) is 0 Å². The number of imidazole rings is 1. The fourth-order valence-electron chi connectivity index (χ4n) is 2.37. The molecule has 0 fully saturated rings. The van der Waals surface area contributed by atoms with E-state index in [4.69, 9.17) is 11.6 Å². The van der Waals surface area contributed by atoms with Crippen LogP contribution in [0.2, 0.25) is 5.02 Å². The smallest absolute Gasteiger partial charge is 0.327 e. The molecule has 3 aromatic rings. The molecule has 0 atom stereocenters. The summed E-state index contributed by atoms with van der Waals surface area (Å²) in [4.78, 5) is 43.3. The van der Waals surface area contributed by atoms with Crippen molar-refractivity contribution in [3.05, 3.63) is 49.6 Å². The summed E-state index contributed by atoms with van der Waals surface area (Å²) in [5.74, 6) is -0.156. The molecular weight excluding hydrogens is 378 g/mol. The highest BCUT2D eigenvalue weighted by atomic mass is 35.5. The number of aromatic amines is 1. The molecule has 0 aliphatic heterocycles. The van der Waals surface area contributed by atoms with Crippen LogP contribution in [0.5, 0.6) is 0 Å². The van der Waals surface area contributed by atoms with Gasteiger partial charge in [0, 0.05) is 24.8 Å². The van der Waals surface area contributed by atoms with Crippen molar-refractivity contribution in [2.45, 2.75) is 12.1 Å². The number of hydrogen-bond donors (Lipinski definition) is 2. The SMILES string of the molecule is Cc1ccc(NC(=O)CSc2nc3c([nH]2)c(=O)n(C)c(=O)n3C)cc1Cl. The van der Waals surface area contributed by atoms with Crippen molar-refractivity contribution in [1.82, 2.24) is 19.1 Å². The van der Waals surface area contributed by atoms with Crippen molar-refractivity contribution in [1.29, 1.82) is 0 Å². The number of rotatable bonds is 4. The van der Waals surface area contributed by atoms with E-state index in [0.29, 0.717) is 15.9 Å². The zero-order valence-electron chi connectivity index (χ0n) is 14.3. The zero-order chi connectivity index (χ0) is 19.0. The first-order valence-electron chi connectivity index (χ1n) is 7.62. The normalized spacial score (nSPS) is 11.1. The summed E-state index contributed by atoms with van der Waals surface area (Å²) in [6.45, 7) is 1.88. The topological polar surface area (TPSA) is 102 Å². The maximum atomic E-state index is 12.1. The van der Waals surface area contributed by atoms with Gasteiger partial charge < -0.3 is 10.3 Å². The number of hydrogen-bond acceptors (Lipinski definition) is 5. The van der Waals surface area contributed by atoms with Crippen molar-refractivity contribution in [2.75, 3.05) is 11.1 Å². The number of aryl methyl sites for hydroxylation is 2. The molecule has 0 spiro atoms. The Balaban J connectivity index is 1.75. The molecule has 0 aliphatic rings. The van der Waals surface area contributed by atoms with Gasteiger partial charge in [0.1, 0.15) is 0 Å². The molecule has 8 nitrogen and oxygen atoms in total. The van der Waals surface area contributed by atoms with E-state index in [1.54, 1.807) is 12.1 Å². The molecule has 26 heavy (non-hydrogen) atoms. The first-order valence-corrected chi connectivity index (χ1v) is 8.99. The fourth-order valence-corrected chi connectivity index (χ4v) is 3.22. The standard InChI is InChI=1S/C16H16ClN5O3S/c1-8-4-5-9(6-10(8)17)18-11(23)7-26-15-19-12-13(20-15)21(2)16(25)22(3)14(12)24/h4-6H,7H2,1-3H3,(H,18,23)(H,19,20). The van der Waals surface area contributed by atoms with Crippen molar-refractivity contribution in [3.8, 4) is 0 Å². The molecule has 10 heteroatoms. The predicted molar refractivity (Wildman–Crippen MR) is 102 cm³/mol. The second-order valence-corrected chi connectivity index (χ2v) is 7.12. The van der Waals surface area contributed by atoms with E-state index in [9.17, 15) is 14.4 Å². The third-order valence-corrected chi connectivity index (χ3v) is 5.15. The molecule has 0 aliphatic carbocycles. The summed E-state index contributed by atoms with van der Waals surface area (Å²) >= 11 is 7.17. The van der Waals surface area contributed by atoms with Crippen LogP contribution in [0.25, 0.3) is 11.2 Å². The highest BCUT2D eigenvalue weighted by Crippen LogP contribution is 2.21. The predicted octanol–water partition coefficient (Wildman–Crippen LogP) is 1.65. The van der Waals surface area contributed by atoms with Crippen LogP contribution in [0.1, 0.15) is 5.56 Å². The van der Waals surface area contributed by atoms with Gasteiger partial charge >= 0.3 is 5.69 Å². The number of carbonyl (C=O) groups is 1. The van der Waals surface area contributed by atoms with Crippen LogP contribution in [0, 0.1) is 6.92 Å². The fraction of sp³-hybridized carbons (Fsp3) is 0.250. The molecule has 1 amide bonds. The van der Waals surface area contributed by atoms with Crippen LogP contribution in [-0.4, -0.2) is 30.8 Å². The second-order valence-electron chi connectivity index (χ2n) is 5.75. The Kier molecular flexibility index (Phi) is 4.92. The number of thioether (sulfide) groups is 1. The van der Waals surface area contributed by atoms with Gasteiger partial charge in [-0.3, -0.25) is 18.7 Å². The van der Waals surface area contributed by atoms with Gasteiger partial charge in [0.05, 0.1) is 5.75 Å². The van der Waals surface area contributed by atoms with E-state index in [1.807, 2.05) is 13.0 Å². The van der Waals surface area contributed by atoms with Crippen LogP contribution < -0.4 is 16.6 Å². The monoisotopic (exact) mass is 393 g/mol. The van der Waals surface area contributed by atoms with Gasteiger partial charge in [-0.15, -0.1) is 0 Å². The number of anilines is 1. The highest BCUT2D eigenvalue weighted by Gasteiger charge is 2.14. The van der Waals surface area contributed by atoms with E-state index in [0.717, 1.165) is 21.9 Å². The van der Waals surface area contributed by atoms with Crippen molar-refractivity contribution >= 4 is 46.1 Å². The van der Waals surface area contributed by atoms with E-state index in [-0.39, 0.29) is 22.8 Å². The average Bonchev–Trinajstić information content (AvgIpc) is 3.04. The third kappa shape index (κ3) is 3.40. The molecule has 1 aromatic carbocycles. The van der Waals surface area contributed by atoms with Gasteiger partial charge in [0.2, 0.25) is 5.91 Å². The Morgan fingerprint density at radius 1 is 1.31 bits per heavy atom. The Morgan fingerprint density at radius 2 is 2.04 bits per heavy atom. The van der Waals surface area contributed by atoms with Gasteiger partial charge in [0.25, 0.3) is 5.56 Å². The number of carbonyl (C=O) groups excluding carboxylic acids is 1. The highest BCUT2D eigenvalue weighted by molar-refractivity contribution is 7.99. The van der Waals surface area contributed by atoms with Crippen LogP contribution >= 0.6 is 23.4 Å². The quantitative estimate of drug-likeness (QED) is 0.656. The van der Waals surface area contributed by atoms with Gasteiger partial charge in [-0.25, -0.2) is 9.78 Å². The van der Waals surface area contributed by atoms with Crippen molar-refractivity contribution in [3.63, 3.8) is 0 Å². The molecule has 2 aromatic heterocycles. The lowest BCUT2D eigenvalue weighted by molar-refractivity contribution is -0.113. The maximum absolute atomic E-state index is 12.1. The Morgan fingerprint density at radius 3 is 2.73 bits per heavy atom. The van der Waals surface area contributed by atoms with Crippen LogP contribution in [0.4, 0.5) is 5.69 Å². The number of H-pyrrole nitrogens is 1. The lowest BCUT2D eigenvalue weighted by Gasteiger charge is -2.06. The van der Waals surface area contributed by atoms with E-state index in [1.165, 1.54) is 18.7 Å². The van der Waals surface area contributed by atoms with E-state index < -0.39 is 11.2 Å². The molecule has 0 saturated carbocycles. The second kappa shape index (κ2) is 7.00. The molecule has 0 saturated heterocycles. The molecule has 136 valence electrons. The van der Waals surface area contributed by atoms with Crippen LogP contribution in [0.3, 0.4) is 0 Å². The minimum absolute atomic E-state index is 0.0829. The number of amides is 1. The number of benzene rings is 1. The number of fused-ring (bicyclic) bond motifs is 1. The number of aromatic nitrogens is 4. The van der Waals surface area contributed by atoms with Crippen LogP contribution in [0.15, 0.2) is 32.9 Å². The lowest BCUT2D eigenvalue weighted by atomic mass is 10.2. The first-order chi connectivity index (χ1) is 12.3. The van der Waals surface area contributed by atoms with Crippen molar-refractivity contribution < 1.29 is 4.79 Å². The summed E-state index contributed by atoms with van der Waals surface area (Å²) in [5, 5.41) is 3.71. The number of nitrogens with zero attached hydrogens (tertiary/aromatic N) is 3. The summed E-state index contributed by atoms with van der Waals surface area (Å²) in [5.41, 5.74) is 1.09. The van der Waals surface area contributed by atoms with Gasteiger partial charge in [-0.1, -0.05) is 29.4 Å². The molecule has 0 bridgehead atoms. The van der Waals surface area contributed by atoms with E-state index in [2.05, 4.69) is 15.3 Å². The molecular formula is C16H16ClN5O3S. The van der Waals surface area contributed by atoms with Gasteiger partial charge in [0.15, 0.2) is 16.3 Å². The van der Waals surface area contributed by atoms with E-state index >= 15 is 0 Å². The first kappa shape index (κ1) is 18.3. The Bertz CT molecular complexity index is 1130. The summed E-state index contributed by atoms with van der Waals surface area (Å²) in [6, 6.07) is 5.27. The molecule has 0 unspecified atom stereocenters. The summed E-state index contributed by atoms with van der Waals surface area (Å²) in [6.07, 6.45) is 0. The lowest BCUT2D eigenvalue weighted by Crippen LogP contribution is -2.36. The molecule has 0 radical (unpaired) electrons. The minimum atomic E-state index is -0.459. The average molecular weight is 394 g/mol. The van der Waals surface area contributed by atoms with Gasteiger partial charge in [-0.05, 0) is 24.6 Å². The maximum Gasteiger partial charge on any atom is 0.332 e. The Hall–Kier alpha value is -2.52.